The van der Waals surface area contributed by atoms with Crippen LogP contribution in [0.15, 0.2) is 0 Å². The van der Waals surface area contributed by atoms with E-state index in [2.05, 4.69) is 31.0 Å². The second kappa shape index (κ2) is 5.80. The fourth-order valence-corrected chi connectivity index (χ4v) is 2.12. The number of piperidine rings is 1. The average molecular weight is 216 g/mol. The van der Waals surface area contributed by atoms with Crippen LogP contribution in [0.1, 0.15) is 40.0 Å². The summed E-state index contributed by atoms with van der Waals surface area (Å²) in [6, 6.07) is 0.536. The van der Waals surface area contributed by atoms with Crippen LogP contribution < -0.4 is 5.32 Å². The van der Waals surface area contributed by atoms with E-state index in [9.17, 15) is 4.39 Å². The van der Waals surface area contributed by atoms with E-state index in [1.54, 1.807) is 0 Å². The van der Waals surface area contributed by atoms with Crippen LogP contribution >= 0.6 is 0 Å². The van der Waals surface area contributed by atoms with Crippen LogP contribution in [0.2, 0.25) is 0 Å². The Labute approximate surface area is 93.2 Å². The van der Waals surface area contributed by atoms with Gasteiger partial charge in [-0.05, 0) is 40.2 Å². The van der Waals surface area contributed by atoms with Crippen molar-refractivity contribution in [1.82, 2.24) is 10.2 Å². The van der Waals surface area contributed by atoms with Crippen molar-refractivity contribution < 1.29 is 4.39 Å². The molecule has 1 saturated heterocycles. The zero-order valence-corrected chi connectivity index (χ0v) is 10.4. The second-order valence-corrected chi connectivity index (χ2v) is 5.51. The number of hydrogen-bond donors (Lipinski definition) is 1. The van der Waals surface area contributed by atoms with E-state index in [4.69, 9.17) is 0 Å². The minimum absolute atomic E-state index is 0.166. The van der Waals surface area contributed by atoms with Crippen LogP contribution in [-0.4, -0.2) is 42.8 Å². The van der Waals surface area contributed by atoms with E-state index in [0.29, 0.717) is 12.6 Å². The minimum Gasteiger partial charge on any atom is -0.311 e. The summed E-state index contributed by atoms with van der Waals surface area (Å²) in [6.45, 7) is 8.98. The third-order valence-electron chi connectivity index (χ3n) is 2.99. The Morgan fingerprint density at radius 3 is 2.67 bits per heavy atom. The van der Waals surface area contributed by atoms with Crippen molar-refractivity contribution in [2.75, 3.05) is 26.3 Å². The Bertz CT molecular complexity index is 175. The number of nitrogens with zero attached hydrogens (tertiary/aromatic N) is 1. The monoisotopic (exact) mass is 216 g/mol. The normalized spacial score (nSPS) is 24.4. The third kappa shape index (κ3) is 4.94. The lowest BCUT2D eigenvalue weighted by Gasteiger charge is -2.37. The number of likely N-dealkylation sites (tertiary alicyclic amines) is 1. The number of alkyl halides is 1. The van der Waals surface area contributed by atoms with Crippen LogP contribution in [0, 0.1) is 0 Å². The number of halogens is 1. The molecule has 1 aliphatic rings. The van der Waals surface area contributed by atoms with E-state index >= 15 is 0 Å². The van der Waals surface area contributed by atoms with Gasteiger partial charge in [0, 0.05) is 24.7 Å². The highest BCUT2D eigenvalue weighted by Gasteiger charge is 2.23. The van der Waals surface area contributed by atoms with Crippen molar-refractivity contribution in [1.29, 1.82) is 0 Å². The molecule has 0 aromatic rings. The minimum atomic E-state index is -0.216. The van der Waals surface area contributed by atoms with Gasteiger partial charge in [0.2, 0.25) is 0 Å². The van der Waals surface area contributed by atoms with Gasteiger partial charge in [0.05, 0.1) is 0 Å². The molecular weight excluding hydrogens is 191 g/mol. The summed E-state index contributed by atoms with van der Waals surface area (Å²) >= 11 is 0. The molecule has 0 radical (unpaired) electrons. The molecule has 15 heavy (non-hydrogen) atoms. The molecule has 0 aromatic carbocycles. The molecule has 3 heteroatoms. The Morgan fingerprint density at radius 1 is 1.33 bits per heavy atom. The highest BCUT2D eigenvalue weighted by atomic mass is 19.1. The summed E-state index contributed by atoms with van der Waals surface area (Å²) in [6.07, 6.45) is 3.73. The van der Waals surface area contributed by atoms with E-state index < -0.39 is 0 Å². The molecule has 90 valence electrons. The van der Waals surface area contributed by atoms with Gasteiger partial charge in [0.1, 0.15) is 6.67 Å². The van der Waals surface area contributed by atoms with Crippen molar-refractivity contribution in [3.8, 4) is 0 Å². The summed E-state index contributed by atoms with van der Waals surface area (Å²) in [5.74, 6) is 0. The summed E-state index contributed by atoms with van der Waals surface area (Å²) in [5, 5.41) is 3.52. The van der Waals surface area contributed by atoms with Crippen LogP contribution in [0.25, 0.3) is 0 Å². The Balaban J connectivity index is 2.35. The van der Waals surface area contributed by atoms with E-state index in [1.165, 1.54) is 19.3 Å². The fraction of sp³-hybridized carbons (Fsp3) is 1.00. The van der Waals surface area contributed by atoms with Crippen LogP contribution in [0.3, 0.4) is 0 Å². The highest BCUT2D eigenvalue weighted by molar-refractivity contribution is 4.81. The van der Waals surface area contributed by atoms with Gasteiger partial charge >= 0.3 is 0 Å². The molecule has 1 aliphatic heterocycles. The van der Waals surface area contributed by atoms with Gasteiger partial charge in [-0.3, -0.25) is 4.90 Å². The van der Waals surface area contributed by atoms with Gasteiger partial charge in [-0.2, -0.15) is 0 Å². The first-order chi connectivity index (χ1) is 7.03. The van der Waals surface area contributed by atoms with Gasteiger partial charge in [-0.25, -0.2) is 4.39 Å². The van der Waals surface area contributed by atoms with Gasteiger partial charge in [0.15, 0.2) is 0 Å². The fourth-order valence-electron chi connectivity index (χ4n) is 2.12. The molecule has 1 heterocycles. The molecule has 0 amide bonds. The molecule has 0 saturated carbocycles. The van der Waals surface area contributed by atoms with Crippen molar-refractivity contribution >= 4 is 0 Å². The summed E-state index contributed by atoms with van der Waals surface area (Å²) in [7, 11) is 0. The Hall–Kier alpha value is -0.150. The molecule has 1 atom stereocenters. The smallest absolute Gasteiger partial charge is 0.102 e. The standard InChI is InChI=1S/C12H25FN2/c1-12(2,3)14-10-11-6-4-5-8-15(11)9-7-13/h11,14H,4-10H2,1-3H3. The molecular formula is C12H25FN2. The first-order valence-electron chi connectivity index (χ1n) is 6.08. The number of nitrogens with one attached hydrogen (secondary N) is 1. The molecule has 0 aromatic heterocycles. The number of hydrogen-bond acceptors (Lipinski definition) is 2. The van der Waals surface area contributed by atoms with Crippen LogP contribution in [-0.2, 0) is 0 Å². The first kappa shape index (κ1) is 12.9. The molecule has 0 aliphatic carbocycles. The van der Waals surface area contributed by atoms with Crippen molar-refractivity contribution in [2.24, 2.45) is 0 Å². The summed E-state index contributed by atoms with van der Waals surface area (Å²) in [4.78, 5) is 2.29. The lowest BCUT2D eigenvalue weighted by Crippen LogP contribution is -2.50. The number of rotatable bonds is 4. The maximum absolute atomic E-state index is 12.4. The predicted octanol–water partition coefficient (Wildman–Crippen LogP) is 2.20. The molecule has 0 bridgehead atoms. The third-order valence-corrected chi connectivity index (χ3v) is 2.99. The molecule has 0 spiro atoms. The van der Waals surface area contributed by atoms with Crippen LogP contribution in [0.5, 0.6) is 0 Å². The maximum Gasteiger partial charge on any atom is 0.102 e. The van der Waals surface area contributed by atoms with Crippen LogP contribution in [0.4, 0.5) is 4.39 Å². The zero-order chi connectivity index (χ0) is 11.3. The van der Waals surface area contributed by atoms with Gasteiger partial charge < -0.3 is 5.32 Å². The first-order valence-corrected chi connectivity index (χ1v) is 6.08. The van der Waals surface area contributed by atoms with Gasteiger partial charge in [-0.1, -0.05) is 6.42 Å². The van der Waals surface area contributed by atoms with Gasteiger partial charge in [0.25, 0.3) is 0 Å². The summed E-state index contributed by atoms with van der Waals surface area (Å²) < 4.78 is 12.4. The van der Waals surface area contributed by atoms with E-state index in [1.807, 2.05) is 0 Å². The molecule has 1 rings (SSSR count). The SMILES string of the molecule is CC(C)(C)NCC1CCCCN1CCF. The maximum atomic E-state index is 12.4. The lowest BCUT2D eigenvalue weighted by molar-refractivity contribution is 0.129. The molecule has 1 unspecified atom stereocenters. The average Bonchev–Trinajstić information content (AvgIpc) is 2.16. The predicted molar refractivity (Wildman–Crippen MR) is 62.9 cm³/mol. The van der Waals surface area contributed by atoms with E-state index in [0.717, 1.165) is 13.1 Å². The summed E-state index contributed by atoms with van der Waals surface area (Å²) in [5.41, 5.74) is 0.166. The lowest BCUT2D eigenvalue weighted by atomic mass is 10.0. The van der Waals surface area contributed by atoms with Gasteiger partial charge in [-0.15, -0.1) is 0 Å². The Kier molecular flexibility index (Phi) is 5.00. The quantitative estimate of drug-likeness (QED) is 0.775. The van der Waals surface area contributed by atoms with Crippen molar-refractivity contribution in [3.05, 3.63) is 0 Å². The van der Waals surface area contributed by atoms with Crippen molar-refractivity contribution in [3.63, 3.8) is 0 Å². The Morgan fingerprint density at radius 2 is 2.07 bits per heavy atom. The topological polar surface area (TPSA) is 15.3 Å². The highest BCUT2D eigenvalue weighted by Crippen LogP contribution is 2.16. The molecule has 1 N–H and O–H groups in total. The largest absolute Gasteiger partial charge is 0.311 e. The van der Waals surface area contributed by atoms with Crippen molar-refractivity contribution in [2.45, 2.75) is 51.6 Å². The molecule has 1 fully saturated rings. The molecule has 2 nitrogen and oxygen atoms in total. The van der Waals surface area contributed by atoms with E-state index in [-0.39, 0.29) is 12.2 Å². The second-order valence-electron chi connectivity index (χ2n) is 5.51. The zero-order valence-electron chi connectivity index (χ0n) is 10.4.